The number of aryl methyl sites for hydroxylation is 2. The van der Waals surface area contributed by atoms with Crippen molar-refractivity contribution in [2.45, 2.75) is 19.3 Å². The van der Waals surface area contributed by atoms with Crippen LogP contribution in [0, 0.1) is 0 Å². The molecular formula is C18H20N2O2S. The lowest BCUT2D eigenvalue weighted by Gasteiger charge is -2.15. The second kappa shape index (κ2) is 6.87. The van der Waals surface area contributed by atoms with Crippen molar-refractivity contribution in [2.75, 3.05) is 24.9 Å². The number of anilines is 2. The molecule has 4 nitrogen and oxygen atoms in total. The Morgan fingerprint density at radius 1 is 0.957 bits per heavy atom. The van der Waals surface area contributed by atoms with Crippen molar-refractivity contribution in [2.24, 2.45) is 0 Å². The molecule has 0 saturated heterocycles. The van der Waals surface area contributed by atoms with Crippen LogP contribution in [0.15, 0.2) is 36.4 Å². The van der Waals surface area contributed by atoms with E-state index in [-0.39, 0.29) is 0 Å². The lowest BCUT2D eigenvalue weighted by molar-refractivity contribution is 0.395. The Kier molecular flexibility index (Phi) is 4.67. The van der Waals surface area contributed by atoms with Gasteiger partial charge in [-0.05, 0) is 66.9 Å². The zero-order valence-electron chi connectivity index (χ0n) is 13.3. The third kappa shape index (κ3) is 3.56. The summed E-state index contributed by atoms with van der Waals surface area (Å²) in [6.07, 6.45) is 3.57. The number of nitrogens with one attached hydrogen (secondary N) is 2. The fourth-order valence-corrected chi connectivity index (χ4v) is 3.06. The number of thiocarbonyl (C=S) groups is 1. The molecule has 0 amide bonds. The molecule has 5 heteroatoms. The minimum absolute atomic E-state index is 0.534. The Morgan fingerprint density at radius 3 is 2.57 bits per heavy atom. The van der Waals surface area contributed by atoms with Crippen LogP contribution >= 0.6 is 12.2 Å². The van der Waals surface area contributed by atoms with Crippen LogP contribution in [0.5, 0.6) is 11.5 Å². The van der Waals surface area contributed by atoms with Gasteiger partial charge in [-0.1, -0.05) is 6.07 Å². The summed E-state index contributed by atoms with van der Waals surface area (Å²) in [5.41, 5.74) is 4.67. The first kappa shape index (κ1) is 15.6. The Balaban J connectivity index is 1.70. The molecule has 0 radical (unpaired) electrons. The van der Waals surface area contributed by atoms with Crippen molar-refractivity contribution in [1.82, 2.24) is 0 Å². The highest BCUT2D eigenvalue weighted by Gasteiger charge is 2.12. The van der Waals surface area contributed by atoms with Gasteiger partial charge in [0.15, 0.2) is 5.11 Å². The van der Waals surface area contributed by atoms with Crippen molar-refractivity contribution in [3.8, 4) is 11.5 Å². The average molecular weight is 328 g/mol. The normalized spacial score (nSPS) is 12.4. The van der Waals surface area contributed by atoms with Gasteiger partial charge >= 0.3 is 0 Å². The number of ether oxygens (including phenoxy) is 2. The summed E-state index contributed by atoms with van der Waals surface area (Å²) >= 11 is 5.41. The van der Waals surface area contributed by atoms with E-state index in [1.807, 2.05) is 18.2 Å². The second-order valence-electron chi connectivity index (χ2n) is 5.48. The van der Waals surface area contributed by atoms with Crippen molar-refractivity contribution < 1.29 is 9.47 Å². The molecule has 0 spiro atoms. The van der Waals surface area contributed by atoms with Crippen LogP contribution in [0.3, 0.4) is 0 Å². The minimum atomic E-state index is 0.534. The molecule has 2 aromatic rings. The first-order valence-electron chi connectivity index (χ1n) is 7.61. The smallest absolute Gasteiger partial charge is 0.175 e. The van der Waals surface area contributed by atoms with Gasteiger partial charge in [0.25, 0.3) is 0 Å². The van der Waals surface area contributed by atoms with Gasteiger partial charge in [-0.25, -0.2) is 0 Å². The van der Waals surface area contributed by atoms with Gasteiger partial charge in [0, 0.05) is 11.8 Å². The summed E-state index contributed by atoms with van der Waals surface area (Å²) in [6, 6.07) is 12.0. The Hall–Kier alpha value is -2.27. The molecule has 2 aromatic carbocycles. The summed E-state index contributed by atoms with van der Waals surface area (Å²) in [7, 11) is 3.25. The van der Waals surface area contributed by atoms with Gasteiger partial charge in [0.1, 0.15) is 11.5 Å². The average Bonchev–Trinajstić information content (AvgIpc) is 3.02. The molecule has 23 heavy (non-hydrogen) atoms. The fraction of sp³-hybridized carbons (Fsp3) is 0.278. The van der Waals surface area contributed by atoms with Gasteiger partial charge in [-0.3, -0.25) is 0 Å². The summed E-state index contributed by atoms with van der Waals surface area (Å²) in [5, 5.41) is 6.94. The molecule has 0 fully saturated rings. The van der Waals surface area contributed by atoms with E-state index < -0.39 is 0 Å². The predicted octanol–water partition coefficient (Wildman–Crippen LogP) is 4.00. The van der Waals surface area contributed by atoms with Gasteiger partial charge in [0.2, 0.25) is 0 Å². The van der Waals surface area contributed by atoms with Crippen LogP contribution in [-0.4, -0.2) is 19.3 Å². The third-order valence-corrected chi connectivity index (χ3v) is 4.22. The molecule has 0 heterocycles. The molecular weight excluding hydrogens is 308 g/mol. The lowest BCUT2D eigenvalue weighted by Crippen LogP contribution is -2.19. The lowest BCUT2D eigenvalue weighted by atomic mass is 10.1. The van der Waals surface area contributed by atoms with Crippen molar-refractivity contribution in [3.63, 3.8) is 0 Å². The van der Waals surface area contributed by atoms with Gasteiger partial charge < -0.3 is 20.1 Å². The highest BCUT2D eigenvalue weighted by atomic mass is 32.1. The Bertz CT molecular complexity index is 731. The molecule has 3 rings (SSSR count). The molecule has 1 aliphatic rings. The van der Waals surface area contributed by atoms with Crippen LogP contribution in [0.1, 0.15) is 17.5 Å². The van der Waals surface area contributed by atoms with E-state index in [0.717, 1.165) is 23.5 Å². The van der Waals surface area contributed by atoms with E-state index in [9.17, 15) is 0 Å². The minimum Gasteiger partial charge on any atom is -0.497 e. The van der Waals surface area contributed by atoms with Crippen LogP contribution in [-0.2, 0) is 12.8 Å². The van der Waals surface area contributed by atoms with Gasteiger partial charge in [-0.15, -0.1) is 0 Å². The van der Waals surface area contributed by atoms with Crippen molar-refractivity contribution in [3.05, 3.63) is 47.5 Å². The van der Waals surface area contributed by atoms with E-state index >= 15 is 0 Å². The van der Waals surface area contributed by atoms with Crippen LogP contribution < -0.4 is 20.1 Å². The third-order valence-electron chi connectivity index (χ3n) is 4.01. The molecule has 0 aromatic heterocycles. The standard InChI is InChI=1S/C18H20N2O2S/c1-21-15-8-9-16(17(11-15)22-2)20-18(23)19-14-7-6-12-4-3-5-13(12)10-14/h6-11H,3-5H2,1-2H3,(H2,19,20,23). The van der Waals surface area contributed by atoms with Crippen LogP contribution in [0.25, 0.3) is 0 Å². The molecule has 120 valence electrons. The first-order chi connectivity index (χ1) is 11.2. The first-order valence-corrected chi connectivity index (χ1v) is 8.02. The highest BCUT2D eigenvalue weighted by Crippen LogP contribution is 2.29. The van der Waals surface area contributed by atoms with Crippen LogP contribution in [0.4, 0.5) is 11.4 Å². The van der Waals surface area contributed by atoms with Gasteiger partial charge in [-0.2, -0.15) is 0 Å². The molecule has 0 atom stereocenters. The number of benzene rings is 2. The van der Waals surface area contributed by atoms with E-state index in [4.69, 9.17) is 21.7 Å². The van der Waals surface area contributed by atoms with E-state index in [1.165, 1.54) is 24.0 Å². The number of fused-ring (bicyclic) bond motifs is 1. The van der Waals surface area contributed by atoms with Crippen molar-refractivity contribution >= 4 is 28.7 Å². The largest absolute Gasteiger partial charge is 0.497 e. The zero-order chi connectivity index (χ0) is 16.2. The summed E-state index contributed by atoms with van der Waals surface area (Å²) in [5.74, 6) is 1.42. The monoisotopic (exact) mass is 328 g/mol. The fourth-order valence-electron chi connectivity index (χ4n) is 2.84. The van der Waals surface area contributed by atoms with E-state index in [2.05, 4.69) is 28.8 Å². The molecule has 2 N–H and O–H groups in total. The topological polar surface area (TPSA) is 42.5 Å². The zero-order valence-corrected chi connectivity index (χ0v) is 14.1. The SMILES string of the molecule is COc1ccc(NC(=S)Nc2ccc3c(c2)CCC3)c(OC)c1. The molecule has 0 saturated carbocycles. The molecule has 1 aliphatic carbocycles. The maximum atomic E-state index is 5.41. The number of hydrogen-bond donors (Lipinski definition) is 2. The van der Waals surface area contributed by atoms with Gasteiger partial charge in [0.05, 0.1) is 19.9 Å². The summed E-state index contributed by atoms with van der Waals surface area (Å²) in [4.78, 5) is 0. The summed E-state index contributed by atoms with van der Waals surface area (Å²) < 4.78 is 10.6. The second-order valence-corrected chi connectivity index (χ2v) is 5.89. The maximum Gasteiger partial charge on any atom is 0.175 e. The number of hydrogen-bond acceptors (Lipinski definition) is 3. The maximum absolute atomic E-state index is 5.41. The molecule has 0 aliphatic heterocycles. The quantitative estimate of drug-likeness (QED) is 0.831. The van der Waals surface area contributed by atoms with E-state index in [1.54, 1.807) is 14.2 Å². The Labute approximate surface area is 141 Å². The number of methoxy groups -OCH3 is 2. The highest BCUT2D eigenvalue weighted by molar-refractivity contribution is 7.80. The predicted molar refractivity (Wildman–Crippen MR) is 97.9 cm³/mol. The Morgan fingerprint density at radius 2 is 1.78 bits per heavy atom. The number of rotatable bonds is 4. The molecule has 0 unspecified atom stereocenters. The summed E-state index contributed by atoms with van der Waals surface area (Å²) in [6.45, 7) is 0. The van der Waals surface area contributed by atoms with Crippen LogP contribution in [0.2, 0.25) is 0 Å². The van der Waals surface area contributed by atoms with E-state index in [0.29, 0.717) is 10.9 Å². The molecule has 0 bridgehead atoms. The van der Waals surface area contributed by atoms with Crippen molar-refractivity contribution in [1.29, 1.82) is 0 Å².